The number of hydrogen-bond donors (Lipinski definition) is 1. The van der Waals surface area contributed by atoms with E-state index in [0.29, 0.717) is 5.75 Å². The van der Waals surface area contributed by atoms with Crippen LogP contribution in [-0.2, 0) is 4.79 Å². The molecular formula is C16H16INOS. The standard InChI is InChI=1S/C16H16INOS/c1-11-7-8-13(9-12(11)2)20-10-16(19)18-15-6-4-3-5-14(15)17/h3-9H,10H2,1-2H3,(H,18,19). The van der Waals surface area contributed by atoms with Gasteiger partial charge in [-0.3, -0.25) is 4.79 Å². The lowest BCUT2D eigenvalue weighted by atomic mass is 10.1. The van der Waals surface area contributed by atoms with E-state index in [-0.39, 0.29) is 5.91 Å². The van der Waals surface area contributed by atoms with Gasteiger partial charge in [-0.15, -0.1) is 11.8 Å². The smallest absolute Gasteiger partial charge is 0.234 e. The molecule has 104 valence electrons. The molecule has 0 aromatic heterocycles. The molecule has 2 aromatic carbocycles. The minimum absolute atomic E-state index is 0.0253. The van der Waals surface area contributed by atoms with Crippen LogP contribution in [0.5, 0.6) is 0 Å². The molecule has 0 aliphatic rings. The minimum Gasteiger partial charge on any atom is -0.324 e. The highest BCUT2D eigenvalue weighted by Crippen LogP contribution is 2.22. The van der Waals surface area contributed by atoms with Crippen molar-refractivity contribution in [3.8, 4) is 0 Å². The third-order valence-electron chi connectivity index (χ3n) is 3.00. The van der Waals surface area contributed by atoms with Crippen LogP contribution in [0.4, 0.5) is 5.69 Å². The van der Waals surface area contributed by atoms with Crippen LogP contribution in [0.3, 0.4) is 0 Å². The lowest BCUT2D eigenvalue weighted by Gasteiger charge is -2.08. The first kappa shape index (κ1) is 15.4. The van der Waals surface area contributed by atoms with Crippen LogP contribution in [0.25, 0.3) is 0 Å². The number of carbonyl (C=O) groups excluding carboxylic acids is 1. The average Bonchev–Trinajstić information content (AvgIpc) is 2.43. The maximum atomic E-state index is 12.0. The van der Waals surface area contributed by atoms with Gasteiger partial charge in [-0.25, -0.2) is 0 Å². The molecule has 0 heterocycles. The van der Waals surface area contributed by atoms with Crippen LogP contribution >= 0.6 is 34.4 Å². The van der Waals surface area contributed by atoms with Gasteiger partial charge in [-0.2, -0.15) is 0 Å². The summed E-state index contributed by atoms with van der Waals surface area (Å²) >= 11 is 3.78. The second kappa shape index (κ2) is 7.13. The van der Waals surface area contributed by atoms with Crippen LogP contribution < -0.4 is 5.32 Å². The fraction of sp³-hybridized carbons (Fsp3) is 0.188. The first-order chi connectivity index (χ1) is 9.56. The summed E-state index contributed by atoms with van der Waals surface area (Å²) in [5.74, 6) is 0.449. The number of hydrogen-bond acceptors (Lipinski definition) is 2. The van der Waals surface area contributed by atoms with E-state index in [1.165, 1.54) is 11.1 Å². The summed E-state index contributed by atoms with van der Waals surface area (Å²) in [6.07, 6.45) is 0. The van der Waals surface area contributed by atoms with Crippen LogP contribution in [0, 0.1) is 17.4 Å². The van der Waals surface area contributed by atoms with Crippen molar-refractivity contribution in [2.75, 3.05) is 11.1 Å². The maximum Gasteiger partial charge on any atom is 0.234 e. The predicted octanol–water partition coefficient (Wildman–Crippen LogP) is 4.64. The van der Waals surface area contributed by atoms with Crippen molar-refractivity contribution in [1.29, 1.82) is 0 Å². The topological polar surface area (TPSA) is 29.1 Å². The van der Waals surface area contributed by atoms with Crippen LogP contribution in [0.2, 0.25) is 0 Å². The number of halogens is 1. The lowest BCUT2D eigenvalue weighted by molar-refractivity contribution is -0.113. The van der Waals surface area contributed by atoms with Crippen molar-refractivity contribution in [1.82, 2.24) is 0 Å². The Morgan fingerprint density at radius 2 is 1.90 bits per heavy atom. The maximum absolute atomic E-state index is 12.0. The third-order valence-corrected chi connectivity index (χ3v) is 4.93. The van der Waals surface area contributed by atoms with E-state index in [4.69, 9.17) is 0 Å². The first-order valence-corrected chi connectivity index (χ1v) is 8.37. The number of carbonyl (C=O) groups is 1. The zero-order valence-electron chi connectivity index (χ0n) is 11.4. The highest BCUT2D eigenvalue weighted by Gasteiger charge is 2.06. The second-order valence-electron chi connectivity index (χ2n) is 4.56. The van der Waals surface area contributed by atoms with Crippen LogP contribution in [0.1, 0.15) is 11.1 Å². The molecule has 2 aromatic rings. The second-order valence-corrected chi connectivity index (χ2v) is 6.77. The summed E-state index contributed by atoms with van der Waals surface area (Å²) in [6, 6.07) is 14.1. The Morgan fingerprint density at radius 1 is 1.15 bits per heavy atom. The molecule has 1 amide bonds. The SMILES string of the molecule is Cc1ccc(SCC(=O)Nc2ccccc2I)cc1C. The van der Waals surface area contributed by atoms with Gasteiger partial charge in [-0.1, -0.05) is 18.2 Å². The van der Waals surface area contributed by atoms with E-state index in [2.05, 4.69) is 60.0 Å². The fourth-order valence-corrected chi connectivity index (χ4v) is 3.02. The predicted molar refractivity (Wildman–Crippen MR) is 94.4 cm³/mol. The van der Waals surface area contributed by atoms with E-state index < -0.39 is 0 Å². The van der Waals surface area contributed by atoms with Crippen molar-refractivity contribution in [2.45, 2.75) is 18.7 Å². The summed E-state index contributed by atoms with van der Waals surface area (Å²) in [5.41, 5.74) is 3.41. The molecule has 20 heavy (non-hydrogen) atoms. The third kappa shape index (κ3) is 4.24. The molecular weight excluding hydrogens is 381 g/mol. The van der Waals surface area contributed by atoms with Crippen molar-refractivity contribution in [3.63, 3.8) is 0 Å². The molecule has 0 fully saturated rings. The van der Waals surface area contributed by atoms with Gasteiger partial charge in [-0.05, 0) is 71.8 Å². The zero-order chi connectivity index (χ0) is 14.5. The molecule has 4 heteroatoms. The molecule has 0 saturated carbocycles. The molecule has 0 unspecified atom stereocenters. The Hall–Kier alpha value is -1.01. The minimum atomic E-state index is 0.0253. The van der Waals surface area contributed by atoms with Crippen molar-refractivity contribution in [2.24, 2.45) is 0 Å². The van der Waals surface area contributed by atoms with Gasteiger partial charge in [0.25, 0.3) is 0 Å². The van der Waals surface area contributed by atoms with Gasteiger partial charge in [0.15, 0.2) is 0 Å². The zero-order valence-corrected chi connectivity index (χ0v) is 14.4. The molecule has 2 rings (SSSR count). The Balaban J connectivity index is 1.92. The number of para-hydroxylation sites is 1. The molecule has 0 aliphatic heterocycles. The summed E-state index contributed by atoms with van der Waals surface area (Å²) in [6.45, 7) is 4.18. The van der Waals surface area contributed by atoms with Crippen LogP contribution in [0.15, 0.2) is 47.4 Å². The Morgan fingerprint density at radius 3 is 2.60 bits per heavy atom. The number of anilines is 1. The molecule has 2 nitrogen and oxygen atoms in total. The molecule has 0 radical (unpaired) electrons. The highest BCUT2D eigenvalue weighted by atomic mass is 127. The number of rotatable bonds is 4. The van der Waals surface area contributed by atoms with Gasteiger partial charge in [0.2, 0.25) is 5.91 Å². The number of amides is 1. The fourth-order valence-electron chi connectivity index (χ4n) is 1.70. The number of benzene rings is 2. The van der Waals surface area contributed by atoms with Crippen molar-refractivity contribution < 1.29 is 4.79 Å². The van der Waals surface area contributed by atoms with Gasteiger partial charge in [0.05, 0.1) is 11.4 Å². The van der Waals surface area contributed by atoms with E-state index >= 15 is 0 Å². The largest absolute Gasteiger partial charge is 0.324 e. The number of aryl methyl sites for hydroxylation is 2. The van der Waals surface area contributed by atoms with Gasteiger partial charge < -0.3 is 5.32 Å². The summed E-state index contributed by atoms with van der Waals surface area (Å²) in [5, 5.41) is 2.94. The summed E-state index contributed by atoms with van der Waals surface area (Å²) < 4.78 is 1.05. The van der Waals surface area contributed by atoms with E-state index in [9.17, 15) is 4.79 Å². The van der Waals surface area contributed by atoms with Gasteiger partial charge in [0.1, 0.15) is 0 Å². The van der Waals surface area contributed by atoms with E-state index in [1.54, 1.807) is 11.8 Å². The van der Waals surface area contributed by atoms with Crippen molar-refractivity contribution >= 4 is 45.9 Å². The monoisotopic (exact) mass is 397 g/mol. The Kier molecular flexibility index (Phi) is 5.48. The number of nitrogens with one attached hydrogen (secondary N) is 1. The first-order valence-electron chi connectivity index (χ1n) is 6.30. The number of thioether (sulfide) groups is 1. The van der Waals surface area contributed by atoms with Gasteiger partial charge >= 0.3 is 0 Å². The summed E-state index contributed by atoms with van der Waals surface area (Å²) in [7, 11) is 0. The Labute approximate surface area is 137 Å². The Bertz CT molecular complexity index is 628. The average molecular weight is 397 g/mol. The molecule has 0 bridgehead atoms. The highest BCUT2D eigenvalue weighted by molar-refractivity contribution is 14.1. The molecule has 1 N–H and O–H groups in total. The van der Waals surface area contributed by atoms with Gasteiger partial charge in [0, 0.05) is 8.47 Å². The normalized spacial score (nSPS) is 10.3. The quantitative estimate of drug-likeness (QED) is 0.602. The molecule has 0 atom stereocenters. The van der Waals surface area contributed by atoms with Crippen LogP contribution in [-0.4, -0.2) is 11.7 Å². The van der Waals surface area contributed by atoms with E-state index in [1.807, 2.05) is 24.3 Å². The molecule has 0 aliphatic carbocycles. The van der Waals surface area contributed by atoms with Crippen molar-refractivity contribution in [3.05, 3.63) is 57.2 Å². The lowest BCUT2D eigenvalue weighted by Crippen LogP contribution is -2.14. The van der Waals surface area contributed by atoms with E-state index in [0.717, 1.165) is 14.2 Å². The molecule has 0 spiro atoms. The summed E-state index contributed by atoms with van der Waals surface area (Å²) in [4.78, 5) is 13.1. The molecule has 0 saturated heterocycles.